The summed E-state index contributed by atoms with van der Waals surface area (Å²) in [4.78, 5) is 69.0. The van der Waals surface area contributed by atoms with Crippen LogP contribution in [0, 0.1) is 36.4 Å². The molecule has 234 valence electrons. The number of fused-ring (bicyclic) bond motifs is 4. The summed E-state index contributed by atoms with van der Waals surface area (Å²) >= 11 is 6.28. The van der Waals surface area contributed by atoms with E-state index in [1.807, 2.05) is 6.08 Å². The second-order valence-corrected chi connectivity index (χ2v) is 12.7. The third-order valence-electron chi connectivity index (χ3n) is 10.0. The quantitative estimate of drug-likeness (QED) is 0.279. The molecule has 10 nitrogen and oxygen atoms in total. The fourth-order valence-corrected chi connectivity index (χ4v) is 8.23. The molecule has 2 aliphatic carbocycles. The lowest BCUT2D eigenvalue weighted by Gasteiger charge is -2.50. The molecule has 0 unspecified atom stereocenters. The molecule has 0 aromatic heterocycles. The first kappa shape index (κ1) is 29.7. The summed E-state index contributed by atoms with van der Waals surface area (Å²) < 4.78 is 13.7. The van der Waals surface area contributed by atoms with Gasteiger partial charge in [0, 0.05) is 10.9 Å². The highest BCUT2D eigenvalue weighted by Crippen LogP contribution is 2.64. The normalized spacial score (nSPS) is 28.5. The van der Waals surface area contributed by atoms with Crippen molar-refractivity contribution >= 4 is 46.9 Å². The number of aromatic hydroxyl groups is 1. The van der Waals surface area contributed by atoms with Crippen molar-refractivity contribution in [1.82, 2.24) is 9.91 Å². The Morgan fingerprint density at radius 2 is 1.67 bits per heavy atom. The number of carbonyl (C=O) groups excluding carboxylic acids is 5. The standard InChI is InChI=1S/C34H28ClFN4O6/c1-16-14-17(2-13-26(16)41)28-22-11-12-23-27(31(44)39(29(23)42)33(37)46)24(22)15-25-30(43)40(38-21-9-7-20(36)8-10-21)32(45)34(25,28)18-3-5-19(35)6-4-18/h2-11,13-14,23-25,27-28,38,41H,12,15H2,1H3,(H2,37,46)/t23-,24+,25-,27-,28-,34+/m0/s1. The van der Waals surface area contributed by atoms with Crippen LogP contribution >= 0.6 is 11.6 Å². The number of likely N-dealkylation sites (tertiary alicyclic amines) is 1. The summed E-state index contributed by atoms with van der Waals surface area (Å²) in [5.74, 6) is -7.39. The van der Waals surface area contributed by atoms with Crippen molar-refractivity contribution in [3.05, 3.63) is 106 Å². The zero-order chi connectivity index (χ0) is 32.7. The first-order valence-electron chi connectivity index (χ1n) is 14.8. The number of allylic oxidation sites excluding steroid dienone is 2. The van der Waals surface area contributed by atoms with Gasteiger partial charge in [-0.05, 0) is 84.8 Å². The molecular weight excluding hydrogens is 615 g/mol. The molecule has 2 aliphatic heterocycles. The number of carbonyl (C=O) groups is 5. The number of anilines is 1. The number of hydrogen-bond acceptors (Lipinski definition) is 7. The molecule has 7 rings (SSSR count). The first-order valence-corrected chi connectivity index (χ1v) is 15.2. The Morgan fingerprint density at radius 1 is 0.978 bits per heavy atom. The number of imide groups is 4. The largest absolute Gasteiger partial charge is 0.508 e. The predicted octanol–water partition coefficient (Wildman–Crippen LogP) is 4.56. The smallest absolute Gasteiger partial charge is 0.328 e. The zero-order valence-electron chi connectivity index (χ0n) is 24.4. The van der Waals surface area contributed by atoms with Gasteiger partial charge in [0.2, 0.25) is 11.8 Å². The number of urea groups is 1. The second kappa shape index (κ2) is 10.5. The molecule has 2 saturated heterocycles. The Morgan fingerprint density at radius 3 is 2.33 bits per heavy atom. The average Bonchev–Trinajstić information content (AvgIpc) is 3.41. The van der Waals surface area contributed by atoms with E-state index in [2.05, 4.69) is 5.43 Å². The van der Waals surface area contributed by atoms with Crippen LogP contribution in [0.1, 0.15) is 35.4 Å². The molecule has 46 heavy (non-hydrogen) atoms. The molecule has 2 heterocycles. The van der Waals surface area contributed by atoms with Crippen LogP contribution in [-0.2, 0) is 24.6 Å². The monoisotopic (exact) mass is 642 g/mol. The Labute approximate surface area is 267 Å². The number of benzene rings is 3. The number of hydrogen-bond donors (Lipinski definition) is 3. The highest BCUT2D eigenvalue weighted by Gasteiger charge is 2.70. The first-order chi connectivity index (χ1) is 21.9. The van der Waals surface area contributed by atoms with Gasteiger partial charge in [-0.2, -0.15) is 9.91 Å². The lowest BCUT2D eigenvalue weighted by molar-refractivity contribution is -0.139. The summed E-state index contributed by atoms with van der Waals surface area (Å²) in [7, 11) is 0. The number of amides is 6. The topological polar surface area (TPSA) is 150 Å². The summed E-state index contributed by atoms with van der Waals surface area (Å²) in [6.07, 6.45) is 1.98. The number of nitrogens with zero attached hydrogens (tertiary/aromatic N) is 2. The number of nitrogens with one attached hydrogen (secondary N) is 1. The van der Waals surface area contributed by atoms with Gasteiger partial charge in [0.15, 0.2) is 0 Å². The molecule has 6 amide bonds. The van der Waals surface area contributed by atoms with Crippen LogP contribution in [-0.4, -0.2) is 44.7 Å². The minimum Gasteiger partial charge on any atom is -0.508 e. The van der Waals surface area contributed by atoms with Gasteiger partial charge < -0.3 is 10.8 Å². The Hall–Kier alpha value is -5.03. The van der Waals surface area contributed by atoms with Crippen LogP contribution in [0.25, 0.3) is 0 Å². The predicted molar refractivity (Wildman–Crippen MR) is 163 cm³/mol. The molecule has 0 spiro atoms. The van der Waals surface area contributed by atoms with Crippen LogP contribution in [0.5, 0.6) is 5.75 Å². The number of halogens is 2. The molecule has 3 aromatic rings. The van der Waals surface area contributed by atoms with Crippen molar-refractivity contribution in [2.75, 3.05) is 5.43 Å². The van der Waals surface area contributed by atoms with Gasteiger partial charge in [0.25, 0.3) is 11.8 Å². The van der Waals surface area contributed by atoms with E-state index in [4.69, 9.17) is 17.3 Å². The van der Waals surface area contributed by atoms with Crippen molar-refractivity contribution in [3.63, 3.8) is 0 Å². The molecule has 4 N–H and O–H groups in total. The van der Waals surface area contributed by atoms with E-state index >= 15 is 0 Å². The molecule has 3 aromatic carbocycles. The van der Waals surface area contributed by atoms with E-state index in [1.54, 1.807) is 43.3 Å². The third kappa shape index (κ3) is 4.11. The molecule has 4 aliphatic rings. The number of phenolic OH excluding ortho intramolecular Hbond substituents is 1. The van der Waals surface area contributed by atoms with Gasteiger partial charge in [-0.15, -0.1) is 0 Å². The number of phenols is 1. The van der Waals surface area contributed by atoms with E-state index < -0.39 is 70.5 Å². The average molecular weight is 643 g/mol. The zero-order valence-corrected chi connectivity index (χ0v) is 25.2. The summed E-state index contributed by atoms with van der Waals surface area (Å²) in [6, 6.07) is 15.7. The lowest BCUT2D eigenvalue weighted by Crippen LogP contribution is -2.53. The number of hydrazine groups is 1. The maximum atomic E-state index is 15.0. The number of rotatable bonds is 4. The summed E-state index contributed by atoms with van der Waals surface area (Å²) in [5, 5.41) is 11.8. The third-order valence-corrected chi connectivity index (χ3v) is 10.3. The van der Waals surface area contributed by atoms with E-state index in [-0.39, 0.29) is 18.6 Å². The van der Waals surface area contributed by atoms with Crippen LogP contribution in [0.2, 0.25) is 5.02 Å². The second-order valence-electron chi connectivity index (χ2n) is 12.3. The van der Waals surface area contributed by atoms with E-state index in [1.165, 1.54) is 30.3 Å². The van der Waals surface area contributed by atoms with Crippen LogP contribution in [0.4, 0.5) is 14.9 Å². The maximum absolute atomic E-state index is 15.0. The van der Waals surface area contributed by atoms with E-state index in [9.17, 15) is 33.5 Å². The minimum absolute atomic E-state index is 0.0149. The number of aryl methyl sites for hydroxylation is 1. The van der Waals surface area contributed by atoms with Crippen molar-refractivity contribution in [1.29, 1.82) is 0 Å². The van der Waals surface area contributed by atoms with Crippen molar-refractivity contribution < 1.29 is 33.5 Å². The highest BCUT2D eigenvalue weighted by molar-refractivity contribution is 6.30. The van der Waals surface area contributed by atoms with Crippen LogP contribution in [0.3, 0.4) is 0 Å². The van der Waals surface area contributed by atoms with Gasteiger partial charge >= 0.3 is 6.03 Å². The van der Waals surface area contributed by atoms with E-state index in [0.29, 0.717) is 37.9 Å². The molecular formula is C34H28ClFN4O6. The SMILES string of the molecule is Cc1cc([C@H]2C3=CC[C@@H]4C(=O)N(C(N)=O)C(=O)[C@@H]4[C@@H]3C[C@H]3C(=O)N(Nc4ccc(F)cc4)C(=O)[C@@]23c2ccc(Cl)cc2)ccc1O. The molecule has 0 radical (unpaired) electrons. The van der Waals surface area contributed by atoms with Crippen molar-refractivity contribution in [2.45, 2.75) is 31.1 Å². The summed E-state index contributed by atoms with van der Waals surface area (Å²) in [6.45, 7) is 1.71. The fourth-order valence-electron chi connectivity index (χ4n) is 8.11. The number of primary amides is 1. The van der Waals surface area contributed by atoms with Gasteiger partial charge in [-0.3, -0.25) is 24.6 Å². The van der Waals surface area contributed by atoms with Gasteiger partial charge in [0.05, 0.1) is 28.9 Å². The van der Waals surface area contributed by atoms with Crippen LogP contribution in [0.15, 0.2) is 78.4 Å². The van der Waals surface area contributed by atoms with Gasteiger partial charge in [-0.25, -0.2) is 9.18 Å². The minimum atomic E-state index is -1.55. The molecule has 0 bridgehead atoms. The molecule has 3 fully saturated rings. The highest BCUT2D eigenvalue weighted by atomic mass is 35.5. The van der Waals surface area contributed by atoms with Gasteiger partial charge in [0.1, 0.15) is 11.6 Å². The fraction of sp³-hybridized carbons (Fsp3) is 0.265. The molecule has 6 atom stereocenters. The van der Waals surface area contributed by atoms with Crippen molar-refractivity contribution in [3.8, 4) is 5.75 Å². The van der Waals surface area contributed by atoms with Crippen LogP contribution < -0.4 is 11.2 Å². The maximum Gasteiger partial charge on any atom is 0.328 e. The Bertz CT molecular complexity index is 1880. The molecule has 12 heteroatoms. The summed E-state index contributed by atoms with van der Waals surface area (Å²) in [5.41, 5.74) is 9.39. The van der Waals surface area contributed by atoms with Gasteiger partial charge in [-0.1, -0.05) is 47.5 Å². The Balaban J connectivity index is 1.47. The van der Waals surface area contributed by atoms with E-state index in [0.717, 1.165) is 5.01 Å². The van der Waals surface area contributed by atoms with Crippen molar-refractivity contribution in [2.24, 2.45) is 29.4 Å². The molecule has 1 saturated carbocycles. The Kier molecular flexibility index (Phi) is 6.78. The number of nitrogens with two attached hydrogens (primary N) is 1. The lowest BCUT2D eigenvalue weighted by atomic mass is 9.49.